The van der Waals surface area contributed by atoms with Crippen molar-refractivity contribution in [2.75, 3.05) is 5.08 Å². The van der Waals surface area contributed by atoms with E-state index >= 15 is 0 Å². The van der Waals surface area contributed by atoms with Gasteiger partial charge in [0.1, 0.15) is 12.1 Å². The van der Waals surface area contributed by atoms with Crippen molar-refractivity contribution in [3.8, 4) is 5.75 Å². The van der Waals surface area contributed by atoms with Gasteiger partial charge in [-0.05, 0) is 37.1 Å². The lowest BCUT2D eigenvalue weighted by Gasteiger charge is -2.36. The molecule has 2 heterocycles. The number of ketones is 1. The summed E-state index contributed by atoms with van der Waals surface area (Å²) in [5.74, 6) is 0.755. The van der Waals surface area contributed by atoms with Crippen LogP contribution in [0, 0.1) is 5.92 Å². The number of Topliss-reactive ketones (excluding diaryl/α,β-unsaturated/α-hetero) is 1. The lowest BCUT2D eigenvalue weighted by Crippen LogP contribution is -2.37. The second-order valence-electron chi connectivity index (χ2n) is 9.01. The third-order valence-corrected chi connectivity index (χ3v) is 9.42. The molecule has 0 bridgehead atoms. The summed E-state index contributed by atoms with van der Waals surface area (Å²) in [5, 5.41) is 1.37. The molecule has 6 rings (SSSR count). The summed E-state index contributed by atoms with van der Waals surface area (Å²) in [6.07, 6.45) is 5.25. The lowest BCUT2D eigenvalue weighted by atomic mass is 9.81. The average molecular weight is 543 g/mol. The number of benzene rings is 3. The number of hydrogen-bond donors (Lipinski definition) is 0. The van der Waals surface area contributed by atoms with Crippen LogP contribution in [-0.4, -0.2) is 20.8 Å². The van der Waals surface area contributed by atoms with Gasteiger partial charge in [0.15, 0.2) is 11.4 Å². The van der Waals surface area contributed by atoms with E-state index < -0.39 is 5.60 Å². The fraction of sp³-hybridized carbons (Fsp3) is 0.167. The number of nitrogens with zero attached hydrogens (tertiary/aromatic N) is 2. The van der Waals surface area contributed by atoms with E-state index in [-0.39, 0.29) is 5.78 Å². The number of allylic oxidation sites excluding steroid dienone is 1. The van der Waals surface area contributed by atoms with Crippen molar-refractivity contribution in [2.24, 2.45) is 5.92 Å². The summed E-state index contributed by atoms with van der Waals surface area (Å²) in [6, 6.07) is 27.7. The third kappa shape index (κ3) is 4.81. The van der Waals surface area contributed by atoms with Crippen molar-refractivity contribution < 1.29 is 9.53 Å². The summed E-state index contributed by atoms with van der Waals surface area (Å²) in [7, 11) is 0. The van der Waals surface area contributed by atoms with Crippen LogP contribution >= 0.6 is 35.1 Å². The van der Waals surface area contributed by atoms with Crippen LogP contribution in [0.4, 0.5) is 0 Å². The number of hydrogen-bond acceptors (Lipinski definition) is 6. The standard InChI is InChI=1S/C30H23ClN2O2S2/c31-24-15-20(28(34)27(29-36-19-37-29)26-13-14-32-18-33-26)16-25(17-24)35-30(23-11-12-23,21-7-3-1-4-8-21)22-9-5-2-6-10-22/h1-10,13-18,23H,11-12,19H2. The van der Waals surface area contributed by atoms with Gasteiger partial charge >= 0.3 is 0 Å². The molecule has 2 fully saturated rings. The van der Waals surface area contributed by atoms with Crippen LogP contribution in [0.1, 0.15) is 40.0 Å². The predicted molar refractivity (Wildman–Crippen MR) is 152 cm³/mol. The van der Waals surface area contributed by atoms with Crippen LogP contribution in [-0.2, 0) is 5.60 Å². The highest BCUT2D eigenvalue weighted by atomic mass is 35.5. The molecule has 1 aliphatic carbocycles. The molecule has 3 aromatic carbocycles. The molecule has 184 valence electrons. The molecule has 1 saturated heterocycles. The van der Waals surface area contributed by atoms with Gasteiger partial charge in [-0.15, -0.1) is 23.5 Å². The van der Waals surface area contributed by atoms with Gasteiger partial charge in [0.05, 0.1) is 15.5 Å². The molecule has 0 N–H and O–H groups in total. The summed E-state index contributed by atoms with van der Waals surface area (Å²) < 4.78 is 7.93. The molecule has 0 atom stereocenters. The minimum Gasteiger partial charge on any atom is -0.477 e. The van der Waals surface area contributed by atoms with Crippen molar-refractivity contribution in [1.82, 2.24) is 9.97 Å². The number of rotatable bonds is 8. The van der Waals surface area contributed by atoms with Gasteiger partial charge in [0, 0.05) is 38.9 Å². The Morgan fingerprint density at radius 2 is 1.59 bits per heavy atom. The average Bonchev–Trinajstić information content (AvgIpc) is 3.76. The van der Waals surface area contributed by atoms with Crippen LogP contribution in [0.3, 0.4) is 0 Å². The van der Waals surface area contributed by atoms with E-state index in [1.165, 1.54) is 6.33 Å². The molecule has 2 aliphatic rings. The number of carbonyl (C=O) groups excluding carboxylic acids is 1. The highest BCUT2D eigenvalue weighted by Gasteiger charge is 2.50. The molecule has 37 heavy (non-hydrogen) atoms. The molecule has 4 aromatic rings. The summed E-state index contributed by atoms with van der Waals surface area (Å²) in [4.78, 5) is 22.3. The van der Waals surface area contributed by atoms with Crippen molar-refractivity contribution in [1.29, 1.82) is 0 Å². The third-order valence-electron chi connectivity index (χ3n) is 6.62. The van der Waals surface area contributed by atoms with Crippen molar-refractivity contribution in [2.45, 2.75) is 18.4 Å². The van der Waals surface area contributed by atoms with Crippen LogP contribution < -0.4 is 4.74 Å². The number of aromatic nitrogens is 2. The zero-order valence-electron chi connectivity index (χ0n) is 19.8. The highest BCUT2D eigenvalue weighted by Crippen LogP contribution is 2.53. The van der Waals surface area contributed by atoms with E-state index in [4.69, 9.17) is 16.3 Å². The van der Waals surface area contributed by atoms with E-state index in [0.29, 0.717) is 33.5 Å². The Bertz CT molecular complexity index is 1410. The second-order valence-corrected chi connectivity index (χ2v) is 12.0. The number of ether oxygens (including phenoxy) is 1. The maximum absolute atomic E-state index is 13.9. The van der Waals surface area contributed by atoms with E-state index in [1.807, 2.05) is 42.5 Å². The Kier molecular flexibility index (Phi) is 6.80. The van der Waals surface area contributed by atoms with Crippen molar-refractivity contribution in [3.63, 3.8) is 0 Å². The van der Waals surface area contributed by atoms with E-state index in [0.717, 1.165) is 33.3 Å². The zero-order chi connectivity index (χ0) is 25.2. The van der Waals surface area contributed by atoms with Gasteiger partial charge in [-0.2, -0.15) is 0 Å². The normalized spacial score (nSPS) is 15.1. The Labute approximate surface area is 229 Å². The van der Waals surface area contributed by atoms with Crippen LogP contribution in [0.15, 0.2) is 102 Å². The van der Waals surface area contributed by atoms with Gasteiger partial charge in [-0.25, -0.2) is 9.97 Å². The Hall–Kier alpha value is -3.06. The summed E-state index contributed by atoms with van der Waals surface area (Å²) in [5.41, 5.74) is 3.16. The number of thioether (sulfide) groups is 2. The first-order chi connectivity index (χ1) is 18.1. The fourth-order valence-corrected chi connectivity index (χ4v) is 6.65. The topological polar surface area (TPSA) is 52.1 Å². The van der Waals surface area contributed by atoms with E-state index in [9.17, 15) is 4.79 Å². The van der Waals surface area contributed by atoms with E-state index in [2.05, 4.69) is 34.2 Å². The first-order valence-corrected chi connectivity index (χ1v) is 14.4. The molecular weight excluding hydrogens is 520 g/mol. The molecular formula is C30H23ClN2O2S2. The molecule has 0 amide bonds. The van der Waals surface area contributed by atoms with Gasteiger partial charge in [-0.1, -0.05) is 72.3 Å². The quantitative estimate of drug-likeness (QED) is 0.167. The second kappa shape index (κ2) is 10.4. The maximum atomic E-state index is 13.9. The lowest BCUT2D eigenvalue weighted by molar-refractivity contribution is 0.0852. The first kappa shape index (κ1) is 24.3. The number of halogens is 1. The molecule has 1 saturated carbocycles. The van der Waals surface area contributed by atoms with Crippen molar-refractivity contribution >= 4 is 46.5 Å². The monoisotopic (exact) mass is 542 g/mol. The van der Waals surface area contributed by atoms with Crippen LogP contribution in [0.2, 0.25) is 5.02 Å². The summed E-state index contributed by atoms with van der Waals surface area (Å²) in [6.45, 7) is 0. The zero-order valence-corrected chi connectivity index (χ0v) is 22.2. The maximum Gasteiger partial charge on any atom is 0.197 e. The predicted octanol–water partition coefficient (Wildman–Crippen LogP) is 7.85. The largest absolute Gasteiger partial charge is 0.477 e. The van der Waals surface area contributed by atoms with Gasteiger partial charge in [-0.3, -0.25) is 4.79 Å². The van der Waals surface area contributed by atoms with E-state index in [1.54, 1.807) is 47.9 Å². The van der Waals surface area contributed by atoms with Crippen molar-refractivity contribution in [3.05, 3.63) is 129 Å². The summed E-state index contributed by atoms with van der Waals surface area (Å²) >= 11 is 9.91. The number of carbonyl (C=O) groups is 1. The molecule has 0 radical (unpaired) electrons. The van der Waals surface area contributed by atoms with Gasteiger partial charge < -0.3 is 4.74 Å². The molecule has 4 nitrogen and oxygen atoms in total. The first-order valence-electron chi connectivity index (χ1n) is 12.1. The van der Waals surface area contributed by atoms with Gasteiger partial charge in [0.2, 0.25) is 0 Å². The SMILES string of the molecule is O=C(C(=C1SCS1)c1ccncn1)c1cc(Cl)cc(OC(c2ccccc2)(c2ccccc2)C2CC2)c1. The molecule has 7 heteroatoms. The molecule has 1 aromatic heterocycles. The highest BCUT2D eigenvalue weighted by molar-refractivity contribution is 8.37. The molecule has 0 spiro atoms. The molecule has 0 unspecified atom stereocenters. The molecule has 1 aliphatic heterocycles. The Morgan fingerprint density at radius 1 is 0.919 bits per heavy atom. The van der Waals surface area contributed by atoms with Crippen LogP contribution in [0.5, 0.6) is 5.75 Å². The Morgan fingerprint density at radius 3 is 2.14 bits per heavy atom. The smallest absolute Gasteiger partial charge is 0.197 e. The minimum absolute atomic E-state index is 0.128. The Balaban J connectivity index is 1.44. The van der Waals surface area contributed by atoms with Crippen LogP contribution in [0.25, 0.3) is 5.57 Å². The van der Waals surface area contributed by atoms with Gasteiger partial charge in [0.25, 0.3) is 0 Å². The minimum atomic E-state index is -0.679. The fourth-order valence-electron chi connectivity index (χ4n) is 4.80.